The van der Waals surface area contributed by atoms with Crippen LogP contribution < -0.4 is 15.5 Å². The summed E-state index contributed by atoms with van der Waals surface area (Å²) in [5.74, 6) is -0.403. The summed E-state index contributed by atoms with van der Waals surface area (Å²) in [4.78, 5) is 38.6. The average Bonchev–Trinajstić information content (AvgIpc) is 3.13. The van der Waals surface area contributed by atoms with Crippen LogP contribution in [0.2, 0.25) is 5.02 Å². The Morgan fingerprint density at radius 1 is 0.709 bits per heavy atom. The van der Waals surface area contributed by atoms with Crippen molar-refractivity contribution in [3.05, 3.63) is 77.3 Å². The number of esters is 1. The summed E-state index contributed by atoms with van der Waals surface area (Å²) in [7, 11) is 0. The number of ether oxygens (including phenoxy) is 6. The highest BCUT2D eigenvalue weighted by atomic mass is 35.5. The van der Waals surface area contributed by atoms with Gasteiger partial charge < -0.3 is 44.0 Å². The van der Waals surface area contributed by atoms with Crippen molar-refractivity contribution in [3.63, 3.8) is 0 Å². The van der Waals surface area contributed by atoms with Crippen molar-refractivity contribution >= 4 is 46.4 Å². The lowest BCUT2D eigenvalue weighted by Crippen LogP contribution is -2.43. The number of nitrogens with one attached hydrogen (secondary N) is 2. The molecule has 1 heterocycles. The topological polar surface area (TPSA) is 134 Å². The molecule has 1 aliphatic heterocycles. The van der Waals surface area contributed by atoms with E-state index in [1.54, 1.807) is 6.92 Å². The van der Waals surface area contributed by atoms with Crippen molar-refractivity contribution in [1.82, 2.24) is 0 Å². The van der Waals surface area contributed by atoms with Gasteiger partial charge in [0.25, 0.3) is 0 Å². The van der Waals surface area contributed by atoms with E-state index in [4.69, 9.17) is 40.0 Å². The van der Waals surface area contributed by atoms with E-state index in [0.717, 1.165) is 34.5 Å². The average molecular weight is 782 g/mol. The largest absolute Gasteiger partial charge is 0.460 e. The zero-order valence-corrected chi connectivity index (χ0v) is 33.5. The molecule has 2 atom stereocenters. The van der Waals surface area contributed by atoms with Crippen LogP contribution in [0, 0.1) is 0 Å². The normalized spacial score (nSPS) is 15.3. The van der Waals surface area contributed by atoms with Gasteiger partial charge in [-0.3, -0.25) is 14.4 Å². The molecule has 0 bridgehead atoms. The van der Waals surface area contributed by atoms with Gasteiger partial charge in [0.15, 0.2) is 0 Å². The van der Waals surface area contributed by atoms with Crippen molar-refractivity contribution in [2.24, 2.45) is 0 Å². The van der Waals surface area contributed by atoms with Crippen LogP contribution in [-0.2, 0) is 42.8 Å². The van der Waals surface area contributed by atoms with Gasteiger partial charge in [-0.2, -0.15) is 0 Å². The van der Waals surface area contributed by atoms with Gasteiger partial charge in [0.1, 0.15) is 5.60 Å². The maximum Gasteiger partial charge on any atom is 0.308 e. The molecule has 2 N–H and O–H groups in total. The van der Waals surface area contributed by atoms with Crippen LogP contribution in [0.25, 0.3) is 11.1 Å². The molecule has 3 aromatic rings. The Morgan fingerprint density at radius 2 is 1.22 bits per heavy atom. The summed E-state index contributed by atoms with van der Waals surface area (Å²) in [5, 5.41) is 7.24. The molecular weight excluding hydrogens is 726 g/mol. The quantitative estimate of drug-likeness (QED) is 0.0783. The molecule has 13 heteroatoms. The number of carbonyl (C=O) groups is 3. The number of rotatable bonds is 22. The molecule has 300 valence electrons. The van der Waals surface area contributed by atoms with Crippen LogP contribution >= 0.6 is 11.6 Å². The molecule has 12 nitrogen and oxygen atoms in total. The maximum atomic E-state index is 12.6. The van der Waals surface area contributed by atoms with E-state index < -0.39 is 5.60 Å². The molecule has 4 rings (SSSR count). The zero-order chi connectivity index (χ0) is 39.6. The molecule has 0 saturated heterocycles. The number of anilines is 3. The molecule has 0 spiro atoms. The number of carbonyl (C=O) groups excluding carboxylic acids is 3. The molecule has 0 fully saturated rings. The molecule has 1 aliphatic rings. The lowest BCUT2D eigenvalue weighted by Gasteiger charge is -2.39. The monoisotopic (exact) mass is 781 g/mol. The number of hydrogen-bond acceptors (Lipinski definition) is 10. The Balaban J connectivity index is 1.07. The van der Waals surface area contributed by atoms with Gasteiger partial charge in [0, 0.05) is 35.1 Å². The minimum absolute atomic E-state index is 0.00274. The second-order valence-corrected chi connectivity index (χ2v) is 14.7. The van der Waals surface area contributed by atoms with Crippen molar-refractivity contribution in [1.29, 1.82) is 0 Å². The molecule has 55 heavy (non-hydrogen) atoms. The fraction of sp³-hybridized carbons (Fsp3) is 0.500. The molecule has 0 aliphatic carbocycles. The Morgan fingerprint density at radius 3 is 1.76 bits per heavy atom. The molecule has 3 aromatic carbocycles. The van der Waals surface area contributed by atoms with Crippen LogP contribution in [0.3, 0.4) is 0 Å². The third kappa shape index (κ3) is 15.6. The van der Waals surface area contributed by atoms with E-state index in [0.29, 0.717) is 70.2 Å². The number of benzene rings is 3. The van der Waals surface area contributed by atoms with Crippen LogP contribution in [0.5, 0.6) is 0 Å². The standard InChI is InChI=1S/C42H56ClN3O9/c1-30-28-38(44-35-13-9-34(43)10-14-35)37-29-33(8-15-39(37)46(30)31(2)47)32-6-11-36(12-7-32)45-40(48)16-18-50-20-22-52-24-26-54-27-25-53-23-21-51-19-17-41(49)55-42(3,4)5/h6-15,29-30,38,44H,16-28H2,1-5H3,(H,45,48)/t30-,38+/m0/s1. The van der Waals surface area contributed by atoms with Gasteiger partial charge in [-0.1, -0.05) is 29.8 Å². The van der Waals surface area contributed by atoms with Crippen molar-refractivity contribution in [2.75, 3.05) is 81.6 Å². The first-order valence-electron chi connectivity index (χ1n) is 18.9. The minimum Gasteiger partial charge on any atom is -0.460 e. The molecule has 0 saturated carbocycles. The summed E-state index contributed by atoms with van der Waals surface area (Å²) >= 11 is 6.11. The van der Waals surface area contributed by atoms with Crippen LogP contribution in [-0.4, -0.2) is 95.5 Å². The summed E-state index contributed by atoms with van der Waals surface area (Å²) in [5.41, 5.74) is 5.13. The van der Waals surface area contributed by atoms with E-state index in [9.17, 15) is 14.4 Å². The first-order chi connectivity index (χ1) is 26.4. The number of halogens is 1. The highest BCUT2D eigenvalue weighted by Gasteiger charge is 2.32. The number of nitrogens with zero attached hydrogens (tertiary/aromatic N) is 1. The Kier molecular flexibility index (Phi) is 17.9. The summed E-state index contributed by atoms with van der Waals surface area (Å²) < 4.78 is 32.6. The smallest absolute Gasteiger partial charge is 0.308 e. The summed E-state index contributed by atoms with van der Waals surface area (Å²) in [6, 6.07) is 21.6. The van der Waals surface area contributed by atoms with E-state index >= 15 is 0 Å². The molecule has 0 aromatic heterocycles. The Bertz CT molecular complexity index is 1650. The second-order valence-electron chi connectivity index (χ2n) is 14.2. The van der Waals surface area contributed by atoms with Crippen LogP contribution in [0.15, 0.2) is 66.7 Å². The predicted molar refractivity (Wildman–Crippen MR) is 215 cm³/mol. The van der Waals surface area contributed by atoms with Crippen molar-refractivity contribution < 1.29 is 42.8 Å². The summed E-state index contributed by atoms with van der Waals surface area (Å²) in [6.45, 7) is 13.1. The maximum absolute atomic E-state index is 12.6. The van der Waals surface area contributed by atoms with Gasteiger partial charge in [0.2, 0.25) is 11.8 Å². The molecule has 0 radical (unpaired) electrons. The van der Waals surface area contributed by atoms with E-state index in [2.05, 4.69) is 23.6 Å². The Hall–Kier alpha value is -4.04. The number of fused-ring (bicyclic) bond motifs is 1. The van der Waals surface area contributed by atoms with Crippen molar-refractivity contribution in [2.45, 2.75) is 71.6 Å². The fourth-order valence-electron chi connectivity index (χ4n) is 6.07. The first kappa shape index (κ1) is 43.7. The SMILES string of the molecule is CC(=O)N1c2ccc(-c3ccc(NC(=O)CCOCCOCCOCCOCCOCCC(=O)OC(C)(C)C)cc3)cc2[C@H](Nc2ccc(Cl)cc2)C[C@@H]1C. The van der Waals surface area contributed by atoms with E-state index in [-0.39, 0.29) is 49.3 Å². The van der Waals surface area contributed by atoms with Crippen molar-refractivity contribution in [3.8, 4) is 11.1 Å². The fourth-order valence-corrected chi connectivity index (χ4v) is 6.20. The second kappa shape index (κ2) is 22.5. The lowest BCUT2D eigenvalue weighted by atomic mass is 9.89. The zero-order valence-electron chi connectivity index (χ0n) is 32.7. The highest BCUT2D eigenvalue weighted by molar-refractivity contribution is 6.30. The van der Waals surface area contributed by atoms with Crippen LogP contribution in [0.4, 0.5) is 17.1 Å². The first-order valence-corrected chi connectivity index (χ1v) is 19.2. The number of hydrogen-bond donors (Lipinski definition) is 2. The van der Waals surface area contributed by atoms with Gasteiger partial charge in [-0.05, 0) is 99.3 Å². The van der Waals surface area contributed by atoms with E-state index in [1.807, 2.05) is 86.3 Å². The third-order valence-corrected chi connectivity index (χ3v) is 8.79. The molecule has 0 unspecified atom stereocenters. The molecular formula is C42H56ClN3O9. The number of amides is 2. The van der Waals surface area contributed by atoms with Crippen LogP contribution in [0.1, 0.15) is 65.5 Å². The van der Waals surface area contributed by atoms with E-state index in [1.165, 1.54) is 0 Å². The third-order valence-electron chi connectivity index (χ3n) is 8.54. The lowest BCUT2D eigenvalue weighted by molar-refractivity contribution is -0.156. The van der Waals surface area contributed by atoms with Gasteiger partial charge >= 0.3 is 5.97 Å². The van der Waals surface area contributed by atoms with Gasteiger partial charge in [0.05, 0.1) is 85.0 Å². The predicted octanol–water partition coefficient (Wildman–Crippen LogP) is 7.45. The Labute approximate surface area is 330 Å². The minimum atomic E-state index is -0.490. The van der Waals surface area contributed by atoms with Gasteiger partial charge in [-0.25, -0.2) is 0 Å². The highest BCUT2D eigenvalue weighted by Crippen LogP contribution is 2.41. The summed E-state index contributed by atoms with van der Waals surface area (Å²) in [6.07, 6.45) is 1.19. The molecule has 2 amide bonds. The van der Waals surface area contributed by atoms with Gasteiger partial charge in [-0.15, -0.1) is 0 Å².